The van der Waals surface area contributed by atoms with Gasteiger partial charge < -0.3 is 20.3 Å². The number of amides is 3. The maximum Gasteiger partial charge on any atom is 0.245 e. The molecule has 0 unspecified atom stereocenters. The van der Waals surface area contributed by atoms with Crippen LogP contribution in [0, 0.1) is 0 Å². The Labute approximate surface area is 167 Å². The summed E-state index contributed by atoms with van der Waals surface area (Å²) in [4.78, 5) is 37.6. The van der Waals surface area contributed by atoms with Gasteiger partial charge in [-0.05, 0) is 59.3 Å². The van der Waals surface area contributed by atoms with E-state index in [0.29, 0.717) is 25.9 Å². The van der Waals surface area contributed by atoms with E-state index >= 15 is 0 Å². The van der Waals surface area contributed by atoms with E-state index in [-0.39, 0.29) is 24.3 Å². The molecule has 1 aliphatic rings. The zero-order valence-corrected chi connectivity index (χ0v) is 17.3. The highest BCUT2D eigenvalue weighted by atomic mass is 79.9. The van der Waals surface area contributed by atoms with Crippen LogP contribution in [0.25, 0.3) is 0 Å². The average Bonchev–Trinajstić information content (AvgIpc) is 2.77. The van der Waals surface area contributed by atoms with Crippen LogP contribution in [0.5, 0.6) is 5.75 Å². The van der Waals surface area contributed by atoms with Gasteiger partial charge in [-0.2, -0.15) is 0 Å². The Hall–Kier alpha value is -2.09. The Morgan fingerprint density at radius 3 is 2.78 bits per heavy atom. The van der Waals surface area contributed by atoms with Gasteiger partial charge in [-0.15, -0.1) is 0 Å². The average molecular weight is 440 g/mol. The summed E-state index contributed by atoms with van der Waals surface area (Å²) in [6.45, 7) is 2.43. The lowest BCUT2D eigenvalue weighted by Crippen LogP contribution is -2.49. The van der Waals surface area contributed by atoms with E-state index in [2.05, 4.69) is 26.6 Å². The van der Waals surface area contributed by atoms with E-state index in [1.165, 1.54) is 11.8 Å². The third kappa shape index (κ3) is 6.53. The predicted octanol–water partition coefficient (Wildman–Crippen LogP) is 1.63. The van der Waals surface area contributed by atoms with E-state index in [1.54, 1.807) is 7.11 Å². The van der Waals surface area contributed by atoms with Crippen LogP contribution in [0.1, 0.15) is 31.7 Å². The molecule has 1 aromatic rings. The van der Waals surface area contributed by atoms with E-state index in [1.807, 2.05) is 18.2 Å². The Bertz CT molecular complexity index is 696. The molecule has 0 radical (unpaired) electrons. The summed E-state index contributed by atoms with van der Waals surface area (Å²) >= 11 is 3.44. The molecular weight excluding hydrogens is 414 g/mol. The minimum Gasteiger partial charge on any atom is -0.496 e. The molecule has 1 heterocycles. The zero-order chi connectivity index (χ0) is 19.8. The third-order valence-electron chi connectivity index (χ3n) is 4.44. The normalized spacial score (nSPS) is 17.2. The molecule has 0 saturated carbocycles. The molecule has 0 bridgehead atoms. The molecule has 148 valence electrons. The number of hydrogen-bond acceptors (Lipinski definition) is 4. The first-order valence-corrected chi connectivity index (χ1v) is 9.85. The van der Waals surface area contributed by atoms with Gasteiger partial charge in [0, 0.05) is 20.0 Å². The molecule has 7 nitrogen and oxygen atoms in total. The van der Waals surface area contributed by atoms with Crippen molar-refractivity contribution in [2.45, 2.75) is 38.6 Å². The van der Waals surface area contributed by atoms with Crippen LogP contribution >= 0.6 is 15.9 Å². The molecule has 8 heteroatoms. The van der Waals surface area contributed by atoms with Gasteiger partial charge in [-0.1, -0.05) is 6.07 Å². The SMILES string of the molecule is COc1ccc(CCNC(=O)CN2CCCC[C@H](NC(C)=O)C2=O)cc1Br. The second kappa shape index (κ2) is 10.3. The predicted molar refractivity (Wildman–Crippen MR) is 105 cm³/mol. The molecule has 1 aromatic carbocycles. The number of rotatable bonds is 7. The molecule has 3 amide bonds. The fourth-order valence-electron chi connectivity index (χ4n) is 3.08. The number of methoxy groups -OCH3 is 1. The third-order valence-corrected chi connectivity index (χ3v) is 5.06. The summed E-state index contributed by atoms with van der Waals surface area (Å²) in [5.74, 6) is 0.151. The summed E-state index contributed by atoms with van der Waals surface area (Å²) in [5.41, 5.74) is 1.07. The Kier molecular flexibility index (Phi) is 8.09. The topological polar surface area (TPSA) is 87.7 Å². The van der Waals surface area contributed by atoms with Crippen molar-refractivity contribution in [1.82, 2.24) is 15.5 Å². The van der Waals surface area contributed by atoms with Gasteiger partial charge >= 0.3 is 0 Å². The van der Waals surface area contributed by atoms with Gasteiger partial charge in [-0.3, -0.25) is 14.4 Å². The molecule has 0 aliphatic carbocycles. The fraction of sp³-hybridized carbons (Fsp3) is 0.526. The minimum atomic E-state index is -0.533. The second-order valence-corrected chi connectivity index (χ2v) is 7.43. The summed E-state index contributed by atoms with van der Waals surface area (Å²) in [6.07, 6.45) is 2.97. The zero-order valence-electron chi connectivity index (χ0n) is 15.7. The maximum atomic E-state index is 12.5. The van der Waals surface area contributed by atoms with Crippen LogP contribution in [-0.2, 0) is 20.8 Å². The van der Waals surface area contributed by atoms with Crippen molar-refractivity contribution >= 4 is 33.7 Å². The molecule has 2 rings (SSSR count). The number of carbonyl (C=O) groups is 3. The molecule has 2 N–H and O–H groups in total. The lowest BCUT2D eigenvalue weighted by atomic mass is 10.1. The molecule has 1 aliphatic heterocycles. The van der Waals surface area contributed by atoms with Crippen molar-refractivity contribution in [3.8, 4) is 5.75 Å². The number of hydrogen-bond donors (Lipinski definition) is 2. The lowest BCUT2D eigenvalue weighted by Gasteiger charge is -2.24. The van der Waals surface area contributed by atoms with Gasteiger partial charge in [0.05, 0.1) is 18.1 Å². The maximum absolute atomic E-state index is 12.5. The van der Waals surface area contributed by atoms with Gasteiger partial charge in [0.25, 0.3) is 0 Å². The van der Waals surface area contributed by atoms with Crippen LogP contribution in [0.15, 0.2) is 22.7 Å². The second-order valence-electron chi connectivity index (χ2n) is 6.58. The number of carbonyl (C=O) groups excluding carboxylic acids is 3. The summed E-state index contributed by atoms with van der Waals surface area (Å²) in [7, 11) is 1.61. The number of ether oxygens (including phenoxy) is 1. The van der Waals surface area contributed by atoms with Crippen molar-refractivity contribution < 1.29 is 19.1 Å². The summed E-state index contributed by atoms with van der Waals surface area (Å²) in [5, 5.41) is 5.53. The first kappa shape index (κ1) is 21.2. The minimum absolute atomic E-state index is 0.0151. The van der Waals surface area contributed by atoms with E-state index < -0.39 is 6.04 Å². The van der Waals surface area contributed by atoms with Crippen molar-refractivity contribution in [3.63, 3.8) is 0 Å². The fourth-order valence-corrected chi connectivity index (χ4v) is 3.67. The number of halogens is 1. The van der Waals surface area contributed by atoms with Crippen LogP contribution < -0.4 is 15.4 Å². The van der Waals surface area contributed by atoms with E-state index in [9.17, 15) is 14.4 Å². The van der Waals surface area contributed by atoms with Crippen molar-refractivity contribution in [3.05, 3.63) is 28.2 Å². The highest BCUT2D eigenvalue weighted by Crippen LogP contribution is 2.25. The number of nitrogens with one attached hydrogen (secondary N) is 2. The first-order chi connectivity index (χ1) is 12.9. The highest BCUT2D eigenvalue weighted by Gasteiger charge is 2.28. The largest absolute Gasteiger partial charge is 0.496 e. The van der Waals surface area contributed by atoms with Crippen LogP contribution in [0.2, 0.25) is 0 Å². The Morgan fingerprint density at radius 1 is 1.33 bits per heavy atom. The first-order valence-electron chi connectivity index (χ1n) is 9.05. The van der Waals surface area contributed by atoms with Crippen molar-refractivity contribution in [2.75, 3.05) is 26.7 Å². The van der Waals surface area contributed by atoms with Crippen LogP contribution in [-0.4, -0.2) is 55.4 Å². The quantitative estimate of drug-likeness (QED) is 0.675. The van der Waals surface area contributed by atoms with Gasteiger partial charge in [0.1, 0.15) is 11.8 Å². The number of likely N-dealkylation sites (tertiary alicyclic amines) is 1. The molecule has 27 heavy (non-hydrogen) atoms. The van der Waals surface area contributed by atoms with Gasteiger partial charge in [-0.25, -0.2) is 0 Å². The van der Waals surface area contributed by atoms with Crippen LogP contribution in [0.4, 0.5) is 0 Å². The van der Waals surface area contributed by atoms with Crippen molar-refractivity contribution in [1.29, 1.82) is 0 Å². The van der Waals surface area contributed by atoms with E-state index in [4.69, 9.17) is 4.74 Å². The van der Waals surface area contributed by atoms with Gasteiger partial charge in [0.15, 0.2) is 0 Å². The molecule has 1 saturated heterocycles. The van der Waals surface area contributed by atoms with Crippen molar-refractivity contribution in [2.24, 2.45) is 0 Å². The molecule has 0 aromatic heterocycles. The summed E-state index contributed by atoms with van der Waals surface area (Å²) in [6, 6.07) is 5.25. The molecule has 1 atom stereocenters. The van der Waals surface area contributed by atoms with Crippen LogP contribution in [0.3, 0.4) is 0 Å². The number of nitrogens with zero attached hydrogens (tertiary/aromatic N) is 1. The molecule has 1 fully saturated rings. The smallest absolute Gasteiger partial charge is 0.245 e. The van der Waals surface area contributed by atoms with Gasteiger partial charge in [0.2, 0.25) is 17.7 Å². The lowest BCUT2D eigenvalue weighted by molar-refractivity contribution is -0.138. The highest BCUT2D eigenvalue weighted by molar-refractivity contribution is 9.10. The Morgan fingerprint density at radius 2 is 2.11 bits per heavy atom. The molecular formula is C19H26BrN3O4. The van der Waals surface area contributed by atoms with E-state index in [0.717, 1.165) is 28.6 Å². The Balaban J connectivity index is 1.82. The number of benzene rings is 1. The summed E-state index contributed by atoms with van der Waals surface area (Å²) < 4.78 is 6.07. The monoisotopic (exact) mass is 439 g/mol. The standard InChI is InChI=1S/C19H26BrN3O4/c1-13(24)22-16-5-3-4-10-23(19(16)26)12-18(25)21-9-8-14-6-7-17(27-2)15(20)11-14/h6-7,11,16H,3-5,8-10,12H2,1-2H3,(H,21,25)(H,22,24)/t16-/m0/s1. The molecule has 0 spiro atoms.